The molecular weight excluding hydrogens is 791 g/mol. The summed E-state index contributed by atoms with van der Waals surface area (Å²) in [5, 5.41) is 4.70. The van der Waals surface area contributed by atoms with E-state index in [9.17, 15) is 0 Å². The topological polar surface area (TPSA) is 43.9 Å². The lowest BCUT2D eigenvalue weighted by Crippen LogP contribution is -2.15. The molecule has 65 heavy (non-hydrogen) atoms. The van der Waals surface area contributed by atoms with E-state index in [0.29, 0.717) is 0 Å². The molecule has 1 aliphatic rings. The fourth-order valence-corrected chi connectivity index (χ4v) is 10.4. The summed E-state index contributed by atoms with van der Waals surface area (Å²) in [6.07, 6.45) is 0. The van der Waals surface area contributed by atoms with Crippen molar-refractivity contribution in [3.8, 4) is 73.0 Å². The Morgan fingerprint density at radius 1 is 0.385 bits per heavy atom. The van der Waals surface area contributed by atoms with Gasteiger partial charge in [-0.25, -0.2) is 9.97 Å². The van der Waals surface area contributed by atoms with Gasteiger partial charge >= 0.3 is 0 Å². The molecule has 0 saturated carbocycles. The summed E-state index contributed by atoms with van der Waals surface area (Å²) in [5.41, 5.74) is 19.7. The molecule has 0 aliphatic heterocycles. The Bertz CT molecular complexity index is 3790. The summed E-state index contributed by atoms with van der Waals surface area (Å²) in [6, 6.07) is 75.9. The summed E-state index contributed by atoms with van der Waals surface area (Å²) in [4.78, 5) is 10.5. The number of hydrogen-bond acceptors (Lipinski definition) is 3. The minimum atomic E-state index is -0.244. The van der Waals surface area contributed by atoms with Gasteiger partial charge in [-0.1, -0.05) is 159 Å². The van der Waals surface area contributed by atoms with Crippen LogP contribution in [0.4, 0.5) is 0 Å². The SMILES string of the molecule is CC1(C)c2cc(-c3ccc4oc5ccc(-c6ccc7c(c6)c6ccccc6n7-c6ccccc6)cc5c4c3)ccc2-c2c(-c3nc(-c4ccccc4)cc(-c4ccccc4)n3)cccc21. The van der Waals surface area contributed by atoms with Gasteiger partial charge in [0.05, 0.1) is 22.4 Å². The third-order valence-electron chi connectivity index (χ3n) is 13.6. The second-order valence-corrected chi connectivity index (χ2v) is 17.8. The van der Waals surface area contributed by atoms with Crippen LogP contribution in [0.3, 0.4) is 0 Å². The van der Waals surface area contributed by atoms with Gasteiger partial charge in [-0.2, -0.15) is 0 Å². The van der Waals surface area contributed by atoms with Crippen molar-refractivity contribution in [1.82, 2.24) is 14.5 Å². The van der Waals surface area contributed by atoms with Crippen LogP contribution in [0.1, 0.15) is 25.0 Å². The maximum atomic E-state index is 6.48. The Labute approximate surface area is 376 Å². The highest BCUT2D eigenvalue weighted by Crippen LogP contribution is 2.53. The van der Waals surface area contributed by atoms with Crippen LogP contribution in [0.25, 0.3) is 117 Å². The molecule has 3 aromatic heterocycles. The van der Waals surface area contributed by atoms with Crippen LogP contribution in [-0.4, -0.2) is 14.5 Å². The predicted octanol–water partition coefficient (Wildman–Crippen LogP) is 16.1. The molecule has 0 atom stereocenters. The molecular formula is C61H41N3O. The quantitative estimate of drug-likeness (QED) is 0.168. The summed E-state index contributed by atoms with van der Waals surface area (Å²) < 4.78 is 8.84. The summed E-state index contributed by atoms with van der Waals surface area (Å²) in [7, 11) is 0. The van der Waals surface area contributed by atoms with E-state index in [2.05, 4.69) is 219 Å². The predicted molar refractivity (Wildman–Crippen MR) is 268 cm³/mol. The van der Waals surface area contributed by atoms with Crippen molar-refractivity contribution in [2.75, 3.05) is 0 Å². The molecule has 4 nitrogen and oxygen atoms in total. The van der Waals surface area contributed by atoms with Gasteiger partial charge in [-0.05, 0) is 111 Å². The summed E-state index contributed by atoms with van der Waals surface area (Å²) in [6.45, 7) is 4.68. The first-order valence-corrected chi connectivity index (χ1v) is 22.3. The molecule has 0 radical (unpaired) electrons. The lowest BCUT2D eigenvalue weighted by atomic mass is 9.81. The molecule has 12 aromatic rings. The van der Waals surface area contributed by atoms with E-state index in [-0.39, 0.29) is 5.41 Å². The molecule has 1 aliphatic carbocycles. The molecule has 0 saturated heterocycles. The number of para-hydroxylation sites is 2. The van der Waals surface area contributed by atoms with Gasteiger partial charge in [0.15, 0.2) is 5.82 Å². The van der Waals surface area contributed by atoms with E-state index in [1.54, 1.807) is 0 Å². The van der Waals surface area contributed by atoms with Crippen LogP contribution in [0.5, 0.6) is 0 Å². The Morgan fingerprint density at radius 3 is 1.58 bits per heavy atom. The van der Waals surface area contributed by atoms with E-state index in [0.717, 1.165) is 72.7 Å². The smallest absolute Gasteiger partial charge is 0.161 e. The van der Waals surface area contributed by atoms with Gasteiger partial charge < -0.3 is 8.98 Å². The molecule has 0 spiro atoms. The van der Waals surface area contributed by atoms with Crippen LogP contribution in [-0.2, 0) is 5.41 Å². The van der Waals surface area contributed by atoms with Crippen molar-refractivity contribution >= 4 is 43.7 Å². The molecule has 306 valence electrons. The van der Waals surface area contributed by atoms with Crippen molar-refractivity contribution in [2.24, 2.45) is 0 Å². The first-order chi connectivity index (χ1) is 32.0. The van der Waals surface area contributed by atoms with Gasteiger partial charge in [0.25, 0.3) is 0 Å². The van der Waals surface area contributed by atoms with Crippen molar-refractivity contribution in [3.63, 3.8) is 0 Å². The molecule has 0 fully saturated rings. The van der Waals surface area contributed by atoms with E-state index >= 15 is 0 Å². The highest BCUT2D eigenvalue weighted by Gasteiger charge is 2.37. The highest BCUT2D eigenvalue weighted by atomic mass is 16.3. The van der Waals surface area contributed by atoms with Gasteiger partial charge in [-0.15, -0.1) is 0 Å². The fraction of sp³-hybridized carbons (Fsp3) is 0.0492. The van der Waals surface area contributed by atoms with Crippen molar-refractivity contribution in [3.05, 3.63) is 223 Å². The minimum Gasteiger partial charge on any atom is -0.456 e. The molecule has 3 heterocycles. The Morgan fingerprint density at radius 2 is 0.923 bits per heavy atom. The molecule has 0 unspecified atom stereocenters. The average molecular weight is 832 g/mol. The third-order valence-corrected chi connectivity index (χ3v) is 13.6. The van der Waals surface area contributed by atoms with Crippen LogP contribution < -0.4 is 0 Å². The summed E-state index contributed by atoms with van der Waals surface area (Å²) >= 11 is 0. The number of rotatable bonds is 6. The Kier molecular flexibility index (Phi) is 8.22. The molecule has 0 N–H and O–H groups in total. The fourth-order valence-electron chi connectivity index (χ4n) is 10.4. The largest absolute Gasteiger partial charge is 0.456 e. The van der Waals surface area contributed by atoms with Gasteiger partial charge in [0, 0.05) is 49.3 Å². The second-order valence-electron chi connectivity index (χ2n) is 17.8. The van der Waals surface area contributed by atoms with Crippen LogP contribution in [0.15, 0.2) is 217 Å². The second kappa shape index (κ2) is 14.3. The van der Waals surface area contributed by atoms with Crippen molar-refractivity contribution < 1.29 is 4.42 Å². The molecule has 4 heteroatoms. The normalized spacial score (nSPS) is 12.9. The number of fused-ring (bicyclic) bond motifs is 9. The maximum Gasteiger partial charge on any atom is 0.161 e. The Hall–Kier alpha value is -8.34. The van der Waals surface area contributed by atoms with E-state index in [1.165, 1.54) is 55.2 Å². The lowest BCUT2D eigenvalue weighted by Gasteiger charge is -2.22. The number of hydrogen-bond donors (Lipinski definition) is 0. The molecule has 9 aromatic carbocycles. The number of nitrogens with zero attached hydrogens (tertiary/aromatic N) is 3. The number of benzene rings is 9. The highest BCUT2D eigenvalue weighted by molar-refractivity contribution is 6.12. The van der Waals surface area contributed by atoms with Gasteiger partial charge in [-0.3, -0.25) is 0 Å². The first kappa shape index (κ1) is 37.2. The minimum absolute atomic E-state index is 0.244. The zero-order valence-corrected chi connectivity index (χ0v) is 36.0. The zero-order chi connectivity index (χ0) is 43.2. The molecule has 13 rings (SSSR count). The average Bonchev–Trinajstić information content (AvgIpc) is 3.98. The monoisotopic (exact) mass is 831 g/mol. The number of furan rings is 1. The molecule has 0 amide bonds. The van der Waals surface area contributed by atoms with Gasteiger partial charge in [0.1, 0.15) is 11.2 Å². The van der Waals surface area contributed by atoms with E-state index in [1.807, 2.05) is 12.1 Å². The first-order valence-electron chi connectivity index (χ1n) is 22.3. The third kappa shape index (κ3) is 5.91. The molecule has 0 bridgehead atoms. The maximum absolute atomic E-state index is 6.48. The van der Waals surface area contributed by atoms with Crippen molar-refractivity contribution in [1.29, 1.82) is 0 Å². The number of aromatic nitrogens is 3. The van der Waals surface area contributed by atoms with Gasteiger partial charge in [0.2, 0.25) is 0 Å². The zero-order valence-electron chi connectivity index (χ0n) is 36.0. The van der Waals surface area contributed by atoms with E-state index in [4.69, 9.17) is 14.4 Å². The summed E-state index contributed by atoms with van der Waals surface area (Å²) in [5.74, 6) is 0.727. The standard InChI is InChI=1S/C61H41N3O/c1-61(2)51-23-14-22-47(60-62-53(38-15-6-3-7-16-38)37-54(63-60)39-17-8-4-9-18-39)59(51)46-29-25-43(36-52(46)61)42-28-32-58-50(35-42)49-34-41(27-31-57(49)65-58)40-26-30-56-48(33-40)45-21-12-13-24-55(45)64(56)44-19-10-5-11-20-44/h3-37H,1-2H3. The van der Waals surface area contributed by atoms with Crippen LogP contribution in [0, 0.1) is 0 Å². The van der Waals surface area contributed by atoms with Crippen molar-refractivity contribution in [2.45, 2.75) is 19.3 Å². The lowest BCUT2D eigenvalue weighted by molar-refractivity contribution is 0.660. The Balaban J connectivity index is 0.900. The van der Waals surface area contributed by atoms with E-state index < -0.39 is 0 Å². The van der Waals surface area contributed by atoms with Crippen LogP contribution in [0.2, 0.25) is 0 Å². The van der Waals surface area contributed by atoms with Crippen LogP contribution >= 0.6 is 0 Å².